The molecule has 3 heteroatoms. The summed E-state index contributed by atoms with van der Waals surface area (Å²) < 4.78 is 11.2. The average Bonchev–Trinajstić information content (AvgIpc) is 2.38. The molecule has 1 aromatic carbocycles. The first-order valence-corrected chi connectivity index (χ1v) is 5.81. The molecule has 1 fully saturated rings. The molecule has 0 bridgehead atoms. The first-order chi connectivity index (χ1) is 7.90. The monoisotopic (exact) mass is 221 g/mol. The van der Waals surface area contributed by atoms with Gasteiger partial charge in [-0.05, 0) is 25.1 Å². The van der Waals surface area contributed by atoms with Gasteiger partial charge in [-0.3, -0.25) is 0 Å². The summed E-state index contributed by atoms with van der Waals surface area (Å²) in [5.41, 5.74) is 0. The maximum atomic E-state index is 5.76. The number of rotatable bonds is 4. The number of nitrogens with one attached hydrogen (secondary N) is 1. The molecule has 0 amide bonds. The summed E-state index contributed by atoms with van der Waals surface area (Å²) in [6, 6.07) is 9.94. The van der Waals surface area contributed by atoms with Crippen molar-refractivity contribution in [3.05, 3.63) is 30.3 Å². The smallest absolute Gasteiger partial charge is 0.119 e. The van der Waals surface area contributed by atoms with Gasteiger partial charge in [0, 0.05) is 19.6 Å². The summed E-state index contributed by atoms with van der Waals surface area (Å²) in [6.45, 7) is 2.74. The van der Waals surface area contributed by atoms with E-state index in [4.69, 9.17) is 9.47 Å². The fraction of sp³-hybridized carbons (Fsp3) is 0.538. The Kier molecular flexibility index (Phi) is 4.19. The van der Waals surface area contributed by atoms with Crippen LogP contribution >= 0.6 is 0 Å². The lowest BCUT2D eigenvalue weighted by atomic mass is 9.97. The maximum Gasteiger partial charge on any atom is 0.119 e. The molecule has 1 saturated heterocycles. The second kappa shape index (κ2) is 5.87. The van der Waals surface area contributed by atoms with Crippen LogP contribution in [0.2, 0.25) is 0 Å². The van der Waals surface area contributed by atoms with Gasteiger partial charge >= 0.3 is 0 Å². The van der Waals surface area contributed by atoms with Gasteiger partial charge in [0.1, 0.15) is 5.75 Å². The van der Waals surface area contributed by atoms with Crippen LogP contribution in [0.4, 0.5) is 0 Å². The molecule has 1 aliphatic heterocycles. The lowest BCUT2D eigenvalue weighted by Crippen LogP contribution is -2.43. The van der Waals surface area contributed by atoms with Gasteiger partial charge in [-0.2, -0.15) is 0 Å². The number of para-hydroxylation sites is 1. The average molecular weight is 221 g/mol. The van der Waals surface area contributed by atoms with Crippen molar-refractivity contribution < 1.29 is 9.47 Å². The Morgan fingerprint density at radius 1 is 1.31 bits per heavy atom. The van der Waals surface area contributed by atoms with Crippen molar-refractivity contribution in [2.75, 3.05) is 26.8 Å². The summed E-state index contributed by atoms with van der Waals surface area (Å²) in [5, 5.41) is 3.38. The Morgan fingerprint density at radius 3 is 2.88 bits per heavy atom. The normalized spacial score (nSPS) is 25.3. The number of ether oxygens (including phenoxy) is 2. The molecule has 1 aliphatic rings. The van der Waals surface area contributed by atoms with Crippen molar-refractivity contribution in [2.24, 2.45) is 5.92 Å². The molecular formula is C13H19NO2. The zero-order chi connectivity index (χ0) is 11.2. The highest BCUT2D eigenvalue weighted by molar-refractivity contribution is 5.20. The quantitative estimate of drug-likeness (QED) is 0.839. The first kappa shape index (κ1) is 11.4. The third-order valence-electron chi connectivity index (χ3n) is 3.05. The Bertz CT molecular complexity index is 302. The molecule has 88 valence electrons. The lowest BCUT2D eigenvalue weighted by molar-refractivity contribution is 0.0122. The van der Waals surface area contributed by atoms with Crippen molar-refractivity contribution >= 4 is 0 Å². The predicted octanol–water partition coefficient (Wildman–Crippen LogP) is 1.69. The van der Waals surface area contributed by atoms with Crippen LogP contribution in [-0.2, 0) is 4.74 Å². The molecule has 1 aromatic rings. The minimum absolute atomic E-state index is 0.324. The number of hydrogen-bond donors (Lipinski definition) is 1. The zero-order valence-corrected chi connectivity index (χ0v) is 9.69. The van der Waals surface area contributed by atoms with Crippen LogP contribution in [-0.4, -0.2) is 32.9 Å². The van der Waals surface area contributed by atoms with E-state index in [1.165, 1.54) is 0 Å². The molecule has 1 N–H and O–H groups in total. The minimum Gasteiger partial charge on any atom is -0.493 e. The van der Waals surface area contributed by atoms with Crippen LogP contribution in [0.15, 0.2) is 30.3 Å². The van der Waals surface area contributed by atoms with E-state index in [1.54, 1.807) is 7.11 Å². The van der Waals surface area contributed by atoms with Gasteiger partial charge < -0.3 is 14.8 Å². The first-order valence-electron chi connectivity index (χ1n) is 5.81. The maximum absolute atomic E-state index is 5.76. The Labute approximate surface area is 96.8 Å². The van der Waals surface area contributed by atoms with E-state index in [2.05, 4.69) is 5.32 Å². The second-order valence-electron chi connectivity index (χ2n) is 4.15. The van der Waals surface area contributed by atoms with Crippen molar-refractivity contribution in [1.82, 2.24) is 5.32 Å². The van der Waals surface area contributed by atoms with Crippen LogP contribution < -0.4 is 10.1 Å². The second-order valence-corrected chi connectivity index (χ2v) is 4.15. The van der Waals surface area contributed by atoms with Gasteiger partial charge in [-0.15, -0.1) is 0 Å². The zero-order valence-electron chi connectivity index (χ0n) is 9.69. The fourth-order valence-electron chi connectivity index (χ4n) is 2.10. The van der Waals surface area contributed by atoms with Crippen LogP contribution in [0.25, 0.3) is 0 Å². The predicted molar refractivity (Wildman–Crippen MR) is 63.7 cm³/mol. The topological polar surface area (TPSA) is 30.5 Å². The number of methoxy groups -OCH3 is 1. The molecule has 16 heavy (non-hydrogen) atoms. The molecule has 2 unspecified atom stereocenters. The van der Waals surface area contributed by atoms with Crippen LogP contribution in [0.1, 0.15) is 6.42 Å². The van der Waals surface area contributed by atoms with E-state index in [0.29, 0.717) is 12.0 Å². The van der Waals surface area contributed by atoms with Gasteiger partial charge in [0.05, 0.1) is 12.7 Å². The van der Waals surface area contributed by atoms with Crippen molar-refractivity contribution in [1.29, 1.82) is 0 Å². The van der Waals surface area contributed by atoms with Gasteiger partial charge in [-0.1, -0.05) is 18.2 Å². The highest BCUT2D eigenvalue weighted by Gasteiger charge is 2.25. The van der Waals surface area contributed by atoms with E-state index >= 15 is 0 Å². The minimum atomic E-state index is 0.324. The van der Waals surface area contributed by atoms with Crippen LogP contribution in [0, 0.1) is 5.92 Å². The summed E-state index contributed by atoms with van der Waals surface area (Å²) in [5.74, 6) is 1.38. The highest BCUT2D eigenvalue weighted by Crippen LogP contribution is 2.17. The molecular weight excluding hydrogens is 202 g/mol. The summed E-state index contributed by atoms with van der Waals surface area (Å²) in [6.07, 6.45) is 1.39. The molecule has 3 nitrogen and oxygen atoms in total. The fourth-order valence-corrected chi connectivity index (χ4v) is 2.10. The third-order valence-corrected chi connectivity index (χ3v) is 3.05. The van der Waals surface area contributed by atoms with E-state index < -0.39 is 0 Å². The third kappa shape index (κ3) is 2.97. The largest absolute Gasteiger partial charge is 0.493 e. The van der Waals surface area contributed by atoms with Gasteiger partial charge in [0.15, 0.2) is 0 Å². The van der Waals surface area contributed by atoms with Crippen molar-refractivity contribution in [2.45, 2.75) is 12.5 Å². The molecule has 2 atom stereocenters. The Balaban J connectivity index is 1.84. The summed E-state index contributed by atoms with van der Waals surface area (Å²) >= 11 is 0. The van der Waals surface area contributed by atoms with Gasteiger partial charge in [0.25, 0.3) is 0 Å². The van der Waals surface area contributed by atoms with Crippen LogP contribution in [0.3, 0.4) is 0 Å². The molecule has 1 heterocycles. The molecule has 0 saturated carbocycles. The van der Waals surface area contributed by atoms with Crippen LogP contribution in [0.5, 0.6) is 5.75 Å². The van der Waals surface area contributed by atoms with Crippen molar-refractivity contribution in [3.8, 4) is 5.75 Å². The SMILES string of the molecule is COC1CCNCC1COc1ccccc1. The number of piperidine rings is 1. The molecule has 2 rings (SSSR count). The van der Waals surface area contributed by atoms with Crippen molar-refractivity contribution in [3.63, 3.8) is 0 Å². The molecule has 0 radical (unpaired) electrons. The standard InChI is InChI=1S/C13H19NO2/c1-15-13-7-8-14-9-11(13)10-16-12-5-3-2-4-6-12/h2-6,11,13-14H,7-10H2,1H3. The van der Waals surface area contributed by atoms with E-state index in [1.807, 2.05) is 30.3 Å². The molecule has 0 spiro atoms. The highest BCUT2D eigenvalue weighted by atomic mass is 16.5. The number of hydrogen-bond acceptors (Lipinski definition) is 3. The molecule has 0 aliphatic carbocycles. The molecule has 0 aromatic heterocycles. The van der Waals surface area contributed by atoms with E-state index in [0.717, 1.165) is 31.9 Å². The Hall–Kier alpha value is -1.06. The van der Waals surface area contributed by atoms with E-state index in [-0.39, 0.29) is 0 Å². The lowest BCUT2D eigenvalue weighted by Gasteiger charge is -2.30. The van der Waals surface area contributed by atoms with Gasteiger partial charge in [0.2, 0.25) is 0 Å². The summed E-state index contributed by atoms with van der Waals surface area (Å²) in [7, 11) is 1.78. The van der Waals surface area contributed by atoms with E-state index in [9.17, 15) is 0 Å². The summed E-state index contributed by atoms with van der Waals surface area (Å²) in [4.78, 5) is 0. The Morgan fingerprint density at radius 2 is 2.12 bits per heavy atom. The van der Waals surface area contributed by atoms with Gasteiger partial charge in [-0.25, -0.2) is 0 Å². The number of benzene rings is 1.